The second kappa shape index (κ2) is 5.36. The van der Waals surface area contributed by atoms with Crippen LogP contribution in [0.1, 0.15) is 11.1 Å². The molecule has 6 heteroatoms. The summed E-state index contributed by atoms with van der Waals surface area (Å²) in [5.41, 5.74) is 2.52. The number of fused-ring (bicyclic) bond motifs is 1. The van der Waals surface area contributed by atoms with Crippen LogP contribution in [-0.4, -0.2) is 12.5 Å². The zero-order chi connectivity index (χ0) is 15.9. The summed E-state index contributed by atoms with van der Waals surface area (Å²) in [5.74, 6) is -1.03. The fourth-order valence-corrected chi connectivity index (χ4v) is 2.66. The van der Waals surface area contributed by atoms with Gasteiger partial charge in [-0.15, -0.1) is 0 Å². The van der Waals surface area contributed by atoms with E-state index in [1.54, 1.807) is 19.1 Å². The number of alkyl halides is 2. The van der Waals surface area contributed by atoms with Crippen molar-refractivity contribution in [1.29, 1.82) is 0 Å². The van der Waals surface area contributed by atoms with Gasteiger partial charge in [-0.2, -0.15) is 8.78 Å². The second-order valence-electron chi connectivity index (χ2n) is 5.04. The Morgan fingerprint density at radius 2 is 2.05 bits per heavy atom. The van der Waals surface area contributed by atoms with Crippen LogP contribution in [0, 0.1) is 12.7 Å². The number of rotatable bonds is 3. The molecule has 0 saturated heterocycles. The van der Waals surface area contributed by atoms with Crippen molar-refractivity contribution in [2.24, 2.45) is 0 Å². The standard InChI is InChI=1S/C16H12F3NO2/c1-8-5-9(6-10-7-13(21)20-15(8)10)14-11(17)3-2-4-12(14)22-16(18)19/h2-6,16H,7H2,1H3,(H,20,21). The molecule has 3 rings (SSSR count). The molecule has 0 atom stereocenters. The highest BCUT2D eigenvalue weighted by Gasteiger charge is 2.23. The van der Waals surface area contributed by atoms with E-state index in [0.29, 0.717) is 16.8 Å². The van der Waals surface area contributed by atoms with Gasteiger partial charge in [-0.1, -0.05) is 6.07 Å². The number of amides is 1. The number of benzene rings is 2. The summed E-state index contributed by atoms with van der Waals surface area (Å²) in [4.78, 5) is 11.5. The Labute approximate surface area is 124 Å². The van der Waals surface area contributed by atoms with E-state index < -0.39 is 12.4 Å². The Bertz CT molecular complexity index is 759. The lowest BCUT2D eigenvalue weighted by molar-refractivity contribution is -0.115. The molecule has 0 fully saturated rings. The zero-order valence-corrected chi connectivity index (χ0v) is 11.6. The van der Waals surface area contributed by atoms with Gasteiger partial charge in [0.1, 0.15) is 11.6 Å². The Balaban J connectivity index is 2.15. The molecule has 0 bridgehead atoms. The minimum absolute atomic E-state index is 0.0342. The molecule has 22 heavy (non-hydrogen) atoms. The normalized spacial score (nSPS) is 13.2. The maximum atomic E-state index is 14.1. The van der Waals surface area contributed by atoms with E-state index in [0.717, 1.165) is 5.56 Å². The predicted octanol–water partition coefficient (Wildman–Crippen LogP) is 3.90. The molecular formula is C16H12F3NO2. The molecular weight excluding hydrogens is 295 g/mol. The highest BCUT2D eigenvalue weighted by atomic mass is 19.3. The predicted molar refractivity (Wildman–Crippen MR) is 75.5 cm³/mol. The van der Waals surface area contributed by atoms with Gasteiger partial charge < -0.3 is 10.1 Å². The first-order chi connectivity index (χ1) is 10.5. The molecule has 2 aromatic carbocycles. The first-order valence-corrected chi connectivity index (χ1v) is 6.63. The van der Waals surface area contributed by atoms with Crippen molar-refractivity contribution in [3.8, 4) is 16.9 Å². The third-order valence-electron chi connectivity index (χ3n) is 3.51. The Morgan fingerprint density at radius 1 is 1.27 bits per heavy atom. The summed E-state index contributed by atoms with van der Waals surface area (Å²) >= 11 is 0. The lowest BCUT2D eigenvalue weighted by atomic mass is 9.97. The molecule has 1 aliphatic heterocycles. The van der Waals surface area contributed by atoms with Crippen LogP contribution >= 0.6 is 0 Å². The molecule has 0 aliphatic carbocycles. The molecule has 3 nitrogen and oxygen atoms in total. The van der Waals surface area contributed by atoms with Crippen molar-refractivity contribution in [1.82, 2.24) is 0 Å². The summed E-state index contributed by atoms with van der Waals surface area (Å²) in [5, 5.41) is 2.72. The van der Waals surface area contributed by atoms with E-state index >= 15 is 0 Å². The maximum absolute atomic E-state index is 14.1. The highest BCUT2D eigenvalue weighted by Crippen LogP contribution is 2.38. The molecule has 0 saturated carbocycles. The maximum Gasteiger partial charge on any atom is 0.387 e. The topological polar surface area (TPSA) is 38.3 Å². The van der Waals surface area contributed by atoms with Gasteiger partial charge in [0.2, 0.25) is 5.91 Å². The van der Waals surface area contributed by atoms with Crippen LogP contribution in [0.4, 0.5) is 18.9 Å². The van der Waals surface area contributed by atoms with Gasteiger partial charge in [0.15, 0.2) is 0 Å². The van der Waals surface area contributed by atoms with Gasteiger partial charge in [-0.05, 0) is 47.9 Å². The van der Waals surface area contributed by atoms with E-state index in [-0.39, 0.29) is 23.6 Å². The number of halogens is 3. The van der Waals surface area contributed by atoms with Crippen molar-refractivity contribution in [3.63, 3.8) is 0 Å². The first-order valence-electron chi connectivity index (χ1n) is 6.63. The third kappa shape index (κ3) is 2.52. The SMILES string of the molecule is Cc1cc(-c2c(F)cccc2OC(F)F)cc2c1NC(=O)C2. The van der Waals surface area contributed by atoms with Crippen LogP contribution < -0.4 is 10.1 Å². The number of anilines is 1. The van der Waals surface area contributed by atoms with E-state index in [1.165, 1.54) is 18.2 Å². The van der Waals surface area contributed by atoms with Crippen LogP contribution in [0.2, 0.25) is 0 Å². The minimum Gasteiger partial charge on any atom is -0.434 e. The third-order valence-corrected chi connectivity index (χ3v) is 3.51. The fourth-order valence-electron chi connectivity index (χ4n) is 2.66. The number of carbonyl (C=O) groups excluding carboxylic acids is 1. The Hall–Kier alpha value is -2.50. The molecule has 0 radical (unpaired) electrons. The molecule has 1 heterocycles. The summed E-state index contributed by atoms with van der Waals surface area (Å²) < 4.78 is 43.5. The van der Waals surface area contributed by atoms with Crippen molar-refractivity contribution in [2.45, 2.75) is 20.0 Å². The Kier molecular flexibility index (Phi) is 3.52. The highest BCUT2D eigenvalue weighted by molar-refractivity contribution is 6.00. The number of ether oxygens (including phenoxy) is 1. The number of hydrogen-bond donors (Lipinski definition) is 1. The van der Waals surface area contributed by atoms with Gasteiger partial charge in [-0.25, -0.2) is 4.39 Å². The van der Waals surface area contributed by atoms with E-state index in [4.69, 9.17) is 0 Å². The average Bonchev–Trinajstić information content (AvgIpc) is 2.79. The van der Waals surface area contributed by atoms with Crippen molar-refractivity contribution in [3.05, 3.63) is 47.3 Å². The monoisotopic (exact) mass is 307 g/mol. The number of hydrogen-bond acceptors (Lipinski definition) is 2. The van der Waals surface area contributed by atoms with Crippen molar-refractivity contribution >= 4 is 11.6 Å². The Morgan fingerprint density at radius 3 is 2.77 bits per heavy atom. The molecule has 2 aromatic rings. The molecule has 0 spiro atoms. The largest absolute Gasteiger partial charge is 0.434 e. The minimum atomic E-state index is -3.04. The smallest absolute Gasteiger partial charge is 0.387 e. The van der Waals surface area contributed by atoms with E-state index in [9.17, 15) is 18.0 Å². The van der Waals surface area contributed by atoms with E-state index in [2.05, 4.69) is 10.1 Å². The van der Waals surface area contributed by atoms with Crippen LogP contribution in [-0.2, 0) is 11.2 Å². The summed E-state index contributed by atoms with van der Waals surface area (Å²) in [6.07, 6.45) is 0.184. The molecule has 1 amide bonds. The summed E-state index contributed by atoms with van der Waals surface area (Å²) in [6, 6.07) is 7.04. The fraction of sp³-hybridized carbons (Fsp3) is 0.188. The summed E-state index contributed by atoms with van der Waals surface area (Å²) in [6.45, 7) is -1.28. The molecule has 114 valence electrons. The number of nitrogens with one attached hydrogen (secondary N) is 1. The lowest BCUT2D eigenvalue weighted by Gasteiger charge is -2.14. The molecule has 0 unspecified atom stereocenters. The molecule has 0 aromatic heterocycles. The van der Waals surface area contributed by atoms with Gasteiger partial charge >= 0.3 is 6.61 Å². The van der Waals surface area contributed by atoms with Gasteiger partial charge in [0, 0.05) is 5.69 Å². The molecule has 1 aliphatic rings. The zero-order valence-electron chi connectivity index (χ0n) is 11.6. The second-order valence-corrected chi connectivity index (χ2v) is 5.04. The van der Waals surface area contributed by atoms with Crippen molar-refractivity contribution < 1.29 is 22.7 Å². The number of aryl methyl sites for hydroxylation is 1. The molecule has 1 N–H and O–H groups in total. The van der Waals surface area contributed by atoms with Crippen molar-refractivity contribution in [2.75, 3.05) is 5.32 Å². The lowest BCUT2D eigenvalue weighted by Crippen LogP contribution is -2.04. The van der Waals surface area contributed by atoms with E-state index in [1.807, 2.05) is 0 Å². The summed E-state index contributed by atoms with van der Waals surface area (Å²) in [7, 11) is 0. The van der Waals surface area contributed by atoms with Crippen LogP contribution in [0.3, 0.4) is 0 Å². The average molecular weight is 307 g/mol. The van der Waals surface area contributed by atoms with Gasteiger partial charge in [0.05, 0.1) is 12.0 Å². The van der Waals surface area contributed by atoms with Crippen LogP contribution in [0.25, 0.3) is 11.1 Å². The number of carbonyl (C=O) groups is 1. The van der Waals surface area contributed by atoms with Crippen LogP contribution in [0.5, 0.6) is 5.75 Å². The first kappa shape index (κ1) is 14.4. The van der Waals surface area contributed by atoms with Gasteiger partial charge in [-0.3, -0.25) is 4.79 Å². The van der Waals surface area contributed by atoms with Crippen LogP contribution in [0.15, 0.2) is 30.3 Å². The van der Waals surface area contributed by atoms with Gasteiger partial charge in [0.25, 0.3) is 0 Å². The quantitative estimate of drug-likeness (QED) is 0.934.